The van der Waals surface area contributed by atoms with E-state index in [4.69, 9.17) is 11.5 Å². The van der Waals surface area contributed by atoms with Gasteiger partial charge in [0.2, 0.25) is 9.84 Å². The van der Waals surface area contributed by atoms with Crippen LogP contribution < -0.4 is 17.6 Å². The lowest BCUT2D eigenvalue weighted by Gasteiger charge is -2.07. The van der Waals surface area contributed by atoms with Crippen LogP contribution in [0.5, 0.6) is 0 Å². The number of sulfone groups is 1. The van der Waals surface area contributed by atoms with Crippen molar-refractivity contribution in [1.29, 1.82) is 0 Å². The van der Waals surface area contributed by atoms with Gasteiger partial charge in [0.05, 0.1) is 9.79 Å². The number of hydrogen-bond donors (Lipinski definition) is 3. The average molecular weight is 458 g/mol. The lowest BCUT2D eigenvalue weighted by molar-refractivity contribution is 0.368. The van der Waals surface area contributed by atoms with Crippen LogP contribution in [0.3, 0.4) is 0 Å². The normalized spacial score (nSPS) is 10.8. The molecule has 0 heterocycles. The summed E-state index contributed by atoms with van der Waals surface area (Å²) in [5.74, 6) is -2.41. The molecule has 0 amide bonds. The largest absolute Gasteiger partial charge is 0.412 e. The maximum absolute atomic E-state index is 12.8. The highest BCUT2D eigenvalue weighted by molar-refractivity contribution is 7.92. The molecule has 0 aliphatic rings. The number of rotatable bonds is 7. The summed E-state index contributed by atoms with van der Waals surface area (Å²) in [6, 6.07) is 7.58. The van der Waals surface area contributed by atoms with E-state index in [0.29, 0.717) is 0 Å². The molecular weight excluding hydrogens is 432 g/mol. The summed E-state index contributed by atoms with van der Waals surface area (Å²) >= 11 is 0. The summed E-state index contributed by atoms with van der Waals surface area (Å²) in [7, 11) is -8.41. The first kappa shape index (κ1) is 29.2. The van der Waals surface area contributed by atoms with Crippen molar-refractivity contribution in [3.8, 4) is 0 Å². The van der Waals surface area contributed by atoms with Gasteiger partial charge in [0.25, 0.3) is 10.1 Å². The molecular formula is C16H25F2N3O6S2. The SMILES string of the molecule is N.NCCCN.O.O=S(=O)(COS(=O)(=O)c1ccc(F)cc1)c1ccc(F)cc1. The minimum atomic E-state index is -4.35. The molecule has 0 spiro atoms. The Bertz CT molecular complexity index is 845. The lowest BCUT2D eigenvalue weighted by Crippen LogP contribution is -2.15. The van der Waals surface area contributed by atoms with Gasteiger partial charge in [-0.25, -0.2) is 21.4 Å². The van der Waals surface area contributed by atoms with E-state index in [-0.39, 0.29) is 21.4 Å². The van der Waals surface area contributed by atoms with Crippen molar-refractivity contribution in [2.45, 2.75) is 16.2 Å². The summed E-state index contributed by atoms with van der Waals surface area (Å²) in [6.07, 6.45) is 0.944. The average Bonchev–Trinajstić information content (AvgIpc) is 2.62. The summed E-state index contributed by atoms with van der Waals surface area (Å²) in [5.41, 5.74) is 10.1. The Morgan fingerprint density at radius 3 is 1.48 bits per heavy atom. The molecule has 0 aromatic heterocycles. The van der Waals surface area contributed by atoms with Crippen LogP contribution >= 0.6 is 0 Å². The van der Waals surface area contributed by atoms with Crippen molar-refractivity contribution >= 4 is 20.0 Å². The zero-order valence-electron chi connectivity index (χ0n) is 15.4. The molecule has 2 aromatic carbocycles. The van der Waals surface area contributed by atoms with Crippen molar-refractivity contribution in [2.24, 2.45) is 11.5 Å². The maximum atomic E-state index is 12.8. The Labute approximate surface area is 168 Å². The molecule has 166 valence electrons. The van der Waals surface area contributed by atoms with Gasteiger partial charge < -0.3 is 23.1 Å². The summed E-state index contributed by atoms with van der Waals surface area (Å²) < 4.78 is 77.4. The molecule has 0 unspecified atom stereocenters. The third-order valence-electron chi connectivity index (χ3n) is 3.04. The second-order valence-corrected chi connectivity index (χ2v) is 8.70. The highest BCUT2D eigenvalue weighted by atomic mass is 32.2. The predicted octanol–water partition coefficient (Wildman–Crippen LogP) is 0.733. The first-order valence-corrected chi connectivity index (χ1v) is 10.7. The Morgan fingerprint density at radius 1 is 0.759 bits per heavy atom. The minimum absolute atomic E-state index is 0. The number of hydrogen-bond acceptors (Lipinski definition) is 8. The fraction of sp³-hybridized carbons (Fsp3) is 0.250. The molecule has 0 radical (unpaired) electrons. The Morgan fingerprint density at radius 2 is 1.14 bits per heavy atom. The quantitative estimate of drug-likeness (QED) is 0.399. The first-order valence-electron chi connectivity index (χ1n) is 7.66. The van der Waals surface area contributed by atoms with Crippen LogP contribution in [0.15, 0.2) is 58.3 Å². The molecule has 0 saturated carbocycles. The van der Waals surface area contributed by atoms with E-state index in [1.54, 1.807) is 0 Å². The van der Waals surface area contributed by atoms with E-state index in [1.165, 1.54) is 0 Å². The second kappa shape index (κ2) is 13.3. The van der Waals surface area contributed by atoms with Gasteiger partial charge in [0, 0.05) is 0 Å². The van der Waals surface area contributed by atoms with Gasteiger partial charge in [-0.1, -0.05) is 0 Å². The third-order valence-corrected chi connectivity index (χ3v) is 5.89. The van der Waals surface area contributed by atoms with Crippen molar-refractivity contribution in [3.63, 3.8) is 0 Å². The second-order valence-electron chi connectivity index (χ2n) is 5.14. The van der Waals surface area contributed by atoms with E-state index in [0.717, 1.165) is 68.0 Å². The summed E-state index contributed by atoms with van der Waals surface area (Å²) in [4.78, 5) is -0.647. The number of nitrogens with two attached hydrogens (primary N) is 2. The fourth-order valence-corrected chi connectivity index (χ4v) is 3.93. The topological polar surface area (TPSA) is 196 Å². The van der Waals surface area contributed by atoms with E-state index in [2.05, 4.69) is 4.18 Å². The van der Waals surface area contributed by atoms with Crippen LogP contribution in [-0.4, -0.2) is 41.3 Å². The van der Waals surface area contributed by atoms with Crippen LogP contribution in [0.1, 0.15) is 6.42 Å². The van der Waals surface area contributed by atoms with Crippen LogP contribution in [0.2, 0.25) is 0 Å². The number of benzene rings is 2. The summed E-state index contributed by atoms with van der Waals surface area (Å²) in [6.45, 7) is 1.44. The number of halogens is 2. The molecule has 9 nitrogen and oxygen atoms in total. The standard InChI is InChI=1S/C13H10F2O5S2.C3H10N2.H3N.H2O/c14-10-1-5-12(6-2-10)21(16,17)9-20-22(18,19)13-7-3-11(15)4-8-13;4-2-1-3-5;;/h1-8H,9H2;1-5H2;1H3;1H2. The van der Waals surface area contributed by atoms with Crippen LogP contribution in [-0.2, 0) is 24.1 Å². The van der Waals surface area contributed by atoms with E-state index in [9.17, 15) is 25.6 Å². The smallest absolute Gasteiger partial charge is 0.297 e. The van der Waals surface area contributed by atoms with Crippen molar-refractivity contribution in [3.05, 3.63) is 60.2 Å². The van der Waals surface area contributed by atoms with Gasteiger partial charge in [-0.2, -0.15) is 8.42 Å². The predicted molar refractivity (Wildman–Crippen MR) is 104 cm³/mol. The first-order chi connectivity index (χ1) is 12.6. The van der Waals surface area contributed by atoms with Gasteiger partial charge >= 0.3 is 0 Å². The van der Waals surface area contributed by atoms with Crippen molar-refractivity contribution in [2.75, 3.05) is 19.0 Å². The molecule has 0 atom stereocenters. The van der Waals surface area contributed by atoms with Gasteiger partial charge in [-0.05, 0) is 68.0 Å². The summed E-state index contributed by atoms with van der Waals surface area (Å²) in [5, 5.41) is 0. The maximum Gasteiger partial charge on any atom is 0.297 e. The Balaban J connectivity index is 0. The lowest BCUT2D eigenvalue weighted by atomic mass is 10.4. The monoisotopic (exact) mass is 457 g/mol. The molecule has 13 heteroatoms. The molecule has 0 aliphatic carbocycles. The molecule has 0 aliphatic heterocycles. The Kier molecular flexibility index (Phi) is 13.4. The van der Waals surface area contributed by atoms with Gasteiger partial charge in [-0.3, -0.25) is 0 Å². The molecule has 0 bridgehead atoms. The molecule has 29 heavy (non-hydrogen) atoms. The van der Waals surface area contributed by atoms with Crippen LogP contribution in [0.25, 0.3) is 0 Å². The van der Waals surface area contributed by atoms with Gasteiger partial charge in [0.1, 0.15) is 11.6 Å². The fourth-order valence-electron chi connectivity index (χ4n) is 1.62. The van der Waals surface area contributed by atoms with E-state index in [1.807, 2.05) is 0 Å². The van der Waals surface area contributed by atoms with Crippen LogP contribution in [0, 0.1) is 11.6 Å². The van der Waals surface area contributed by atoms with Gasteiger partial charge in [0.15, 0.2) is 5.94 Å². The zero-order valence-corrected chi connectivity index (χ0v) is 17.1. The van der Waals surface area contributed by atoms with Crippen molar-refractivity contribution in [1.82, 2.24) is 6.15 Å². The van der Waals surface area contributed by atoms with Crippen molar-refractivity contribution < 1.29 is 35.3 Å². The highest BCUT2D eigenvalue weighted by Gasteiger charge is 2.22. The minimum Gasteiger partial charge on any atom is -0.412 e. The highest BCUT2D eigenvalue weighted by Crippen LogP contribution is 2.17. The van der Waals surface area contributed by atoms with E-state index < -0.39 is 37.5 Å². The molecule has 2 aromatic rings. The molecule has 2 rings (SSSR count). The Hall–Kier alpha value is -2.00. The van der Waals surface area contributed by atoms with E-state index >= 15 is 0 Å². The molecule has 9 N–H and O–H groups in total. The third kappa shape index (κ3) is 9.85. The van der Waals surface area contributed by atoms with Crippen LogP contribution in [0.4, 0.5) is 8.78 Å². The van der Waals surface area contributed by atoms with Gasteiger partial charge in [-0.15, -0.1) is 0 Å². The zero-order chi connectivity index (χ0) is 20.5. The molecule has 0 fully saturated rings. The molecule has 0 saturated heterocycles.